The second kappa shape index (κ2) is 5.97. The topological polar surface area (TPSA) is 81.4 Å². The van der Waals surface area contributed by atoms with E-state index in [-0.39, 0.29) is 26.7 Å². The van der Waals surface area contributed by atoms with Crippen LogP contribution in [0.3, 0.4) is 0 Å². The van der Waals surface area contributed by atoms with Gasteiger partial charge in [0.2, 0.25) is 10.0 Å². The maximum absolute atomic E-state index is 12.3. The van der Waals surface area contributed by atoms with Gasteiger partial charge in [0, 0.05) is 17.8 Å². The van der Waals surface area contributed by atoms with Crippen LogP contribution in [-0.2, 0) is 14.8 Å². The number of nitrogens with two attached hydrogens (primary N) is 1. The Hall–Kier alpha value is -0.340. The summed E-state index contributed by atoms with van der Waals surface area (Å²) in [5.74, 6) is 0. The SMILES string of the molecule is COCC(C)(C)NS(=O)(=O)c1cc(Cl)cc(N)c1Br. The Kier molecular flexibility index (Phi) is 5.25. The van der Waals surface area contributed by atoms with Crippen LogP contribution in [0.15, 0.2) is 21.5 Å². The Morgan fingerprint density at radius 2 is 2.05 bits per heavy atom. The largest absolute Gasteiger partial charge is 0.398 e. The number of nitrogen functional groups attached to an aromatic ring is 1. The van der Waals surface area contributed by atoms with E-state index < -0.39 is 15.6 Å². The van der Waals surface area contributed by atoms with Crippen LogP contribution in [0.2, 0.25) is 5.02 Å². The van der Waals surface area contributed by atoms with Crippen LogP contribution in [-0.4, -0.2) is 27.7 Å². The van der Waals surface area contributed by atoms with E-state index in [0.717, 1.165) is 0 Å². The smallest absolute Gasteiger partial charge is 0.242 e. The highest BCUT2D eigenvalue weighted by Crippen LogP contribution is 2.31. The number of anilines is 1. The molecule has 0 saturated heterocycles. The molecule has 5 nitrogen and oxygen atoms in total. The fraction of sp³-hybridized carbons (Fsp3) is 0.455. The number of hydrogen-bond donors (Lipinski definition) is 2. The van der Waals surface area contributed by atoms with Crippen molar-refractivity contribution in [2.45, 2.75) is 24.3 Å². The van der Waals surface area contributed by atoms with Crippen molar-refractivity contribution in [3.8, 4) is 0 Å². The first-order chi connectivity index (χ1) is 8.59. The van der Waals surface area contributed by atoms with Crippen molar-refractivity contribution in [2.75, 3.05) is 19.5 Å². The fourth-order valence-electron chi connectivity index (χ4n) is 1.59. The first kappa shape index (κ1) is 16.7. The van der Waals surface area contributed by atoms with Crippen LogP contribution < -0.4 is 10.5 Å². The Morgan fingerprint density at radius 1 is 1.47 bits per heavy atom. The number of hydrogen-bond acceptors (Lipinski definition) is 4. The maximum atomic E-state index is 12.3. The summed E-state index contributed by atoms with van der Waals surface area (Å²) in [7, 11) is -2.25. The van der Waals surface area contributed by atoms with Crippen LogP contribution in [0.4, 0.5) is 5.69 Å². The molecule has 0 spiro atoms. The minimum absolute atomic E-state index is 0.00155. The third-order valence-corrected chi connectivity index (χ3v) is 5.33. The van der Waals surface area contributed by atoms with Crippen molar-refractivity contribution >= 4 is 43.2 Å². The molecule has 0 aliphatic rings. The second-order valence-corrected chi connectivity index (χ2v) is 7.61. The maximum Gasteiger partial charge on any atom is 0.242 e. The molecular weight excluding hydrogens is 356 g/mol. The first-order valence-corrected chi connectivity index (χ1v) is 8.02. The average Bonchev–Trinajstić information content (AvgIpc) is 2.21. The van der Waals surface area contributed by atoms with Gasteiger partial charge in [-0.25, -0.2) is 13.1 Å². The summed E-state index contributed by atoms with van der Waals surface area (Å²) in [6.45, 7) is 3.67. The molecule has 0 bridgehead atoms. The number of ether oxygens (including phenoxy) is 1. The van der Waals surface area contributed by atoms with Gasteiger partial charge >= 0.3 is 0 Å². The summed E-state index contributed by atoms with van der Waals surface area (Å²) in [4.78, 5) is 0.00155. The van der Waals surface area contributed by atoms with Gasteiger partial charge in [-0.15, -0.1) is 0 Å². The average molecular weight is 372 g/mol. The van der Waals surface area contributed by atoms with E-state index in [1.807, 2.05) is 0 Å². The van der Waals surface area contributed by atoms with Gasteiger partial charge in [-0.2, -0.15) is 0 Å². The van der Waals surface area contributed by atoms with Gasteiger partial charge in [0.1, 0.15) is 0 Å². The first-order valence-electron chi connectivity index (χ1n) is 5.36. The molecule has 0 aliphatic heterocycles. The summed E-state index contributed by atoms with van der Waals surface area (Å²) < 4.78 is 32.5. The van der Waals surface area contributed by atoms with Gasteiger partial charge < -0.3 is 10.5 Å². The highest BCUT2D eigenvalue weighted by Gasteiger charge is 2.28. The molecule has 0 atom stereocenters. The summed E-state index contributed by atoms with van der Waals surface area (Å²) >= 11 is 9.01. The van der Waals surface area contributed by atoms with E-state index in [1.165, 1.54) is 19.2 Å². The molecule has 0 unspecified atom stereocenters. The van der Waals surface area contributed by atoms with E-state index in [2.05, 4.69) is 20.7 Å². The van der Waals surface area contributed by atoms with Gasteiger partial charge in [-0.3, -0.25) is 0 Å². The van der Waals surface area contributed by atoms with Crippen LogP contribution in [0.1, 0.15) is 13.8 Å². The van der Waals surface area contributed by atoms with Crippen LogP contribution in [0.25, 0.3) is 0 Å². The minimum Gasteiger partial charge on any atom is -0.398 e. The number of methoxy groups -OCH3 is 1. The van der Waals surface area contributed by atoms with E-state index in [0.29, 0.717) is 0 Å². The molecule has 0 radical (unpaired) electrons. The Labute approximate surface area is 126 Å². The number of halogens is 2. The monoisotopic (exact) mass is 370 g/mol. The van der Waals surface area contributed by atoms with Gasteiger partial charge in [0.25, 0.3) is 0 Å². The van der Waals surface area contributed by atoms with E-state index >= 15 is 0 Å². The second-order valence-electron chi connectivity index (χ2n) is 4.73. The molecule has 0 fully saturated rings. The van der Waals surface area contributed by atoms with Crippen molar-refractivity contribution in [2.24, 2.45) is 0 Å². The molecule has 1 rings (SSSR count). The third kappa shape index (κ3) is 4.32. The lowest BCUT2D eigenvalue weighted by Crippen LogP contribution is -2.46. The standard InChI is InChI=1S/C11H16BrClN2O3S/c1-11(2,6-18-3)15-19(16,17)9-5-7(13)4-8(14)10(9)12/h4-5,15H,6,14H2,1-3H3. The number of benzene rings is 1. The molecule has 3 N–H and O–H groups in total. The van der Waals surface area contributed by atoms with Crippen molar-refractivity contribution in [1.82, 2.24) is 4.72 Å². The summed E-state index contributed by atoms with van der Waals surface area (Å²) in [5.41, 5.74) is 5.21. The lowest BCUT2D eigenvalue weighted by molar-refractivity contribution is 0.141. The normalized spacial score (nSPS) is 12.7. The minimum atomic E-state index is -3.76. The third-order valence-electron chi connectivity index (χ3n) is 2.24. The quantitative estimate of drug-likeness (QED) is 0.779. The molecule has 1 aromatic rings. The van der Waals surface area contributed by atoms with Gasteiger partial charge in [0.05, 0.1) is 21.5 Å². The summed E-state index contributed by atoms with van der Waals surface area (Å²) in [6.07, 6.45) is 0. The summed E-state index contributed by atoms with van der Waals surface area (Å²) in [5, 5.41) is 0.255. The molecular formula is C11H16BrClN2O3S. The number of nitrogens with one attached hydrogen (secondary N) is 1. The molecule has 0 aromatic heterocycles. The predicted octanol–water partition coefficient (Wildman–Crippen LogP) is 2.39. The highest BCUT2D eigenvalue weighted by atomic mass is 79.9. The van der Waals surface area contributed by atoms with Crippen molar-refractivity contribution in [3.05, 3.63) is 21.6 Å². The molecule has 0 aliphatic carbocycles. The Morgan fingerprint density at radius 3 is 2.58 bits per heavy atom. The molecule has 0 amide bonds. The molecule has 19 heavy (non-hydrogen) atoms. The number of sulfonamides is 1. The zero-order valence-electron chi connectivity index (χ0n) is 10.8. The van der Waals surface area contributed by atoms with Crippen molar-refractivity contribution in [1.29, 1.82) is 0 Å². The Balaban J connectivity index is 3.22. The fourth-order valence-corrected chi connectivity index (χ4v) is 4.28. The van der Waals surface area contributed by atoms with Crippen LogP contribution in [0.5, 0.6) is 0 Å². The van der Waals surface area contributed by atoms with E-state index in [9.17, 15) is 8.42 Å². The molecule has 1 aromatic carbocycles. The predicted molar refractivity (Wildman–Crippen MR) is 79.8 cm³/mol. The van der Waals surface area contributed by atoms with Crippen molar-refractivity contribution in [3.63, 3.8) is 0 Å². The highest BCUT2D eigenvalue weighted by molar-refractivity contribution is 9.10. The molecule has 0 saturated carbocycles. The van der Waals surface area contributed by atoms with Crippen LogP contribution >= 0.6 is 27.5 Å². The van der Waals surface area contributed by atoms with Gasteiger partial charge in [-0.1, -0.05) is 11.6 Å². The van der Waals surface area contributed by atoms with Crippen molar-refractivity contribution < 1.29 is 13.2 Å². The molecule has 0 heterocycles. The number of rotatable bonds is 5. The lowest BCUT2D eigenvalue weighted by atomic mass is 10.1. The Bertz CT molecular complexity index is 576. The van der Waals surface area contributed by atoms with E-state index in [4.69, 9.17) is 22.1 Å². The van der Waals surface area contributed by atoms with Crippen LogP contribution in [0, 0.1) is 0 Å². The zero-order chi connectivity index (χ0) is 14.8. The van der Waals surface area contributed by atoms with Gasteiger partial charge in [0.15, 0.2) is 0 Å². The van der Waals surface area contributed by atoms with Gasteiger partial charge in [-0.05, 0) is 41.9 Å². The zero-order valence-corrected chi connectivity index (χ0v) is 14.0. The summed E-state index contributed by atoms with van der Waals surface area (Å²) in [6, 6.07) is 2.82. The lowest BCUT2D eigenvalue weighted by Gasteiger charge is -2.25. The molecule has 8 heteroatoms. The van der Waals surface area contributed by atoms with E-state index in [1.54, 1.807) is 13.8 Å². The molecule has 108 valence electrons.